The SMILES string of the molecule is CCc1cn(CC(=O)O)c2cc(Br)ccc12. The van der Waals surface area contributed by atoms with E-state index >= 15 is 0 Å². The highest BCUT2D eigenvalue weighted by Gasteiger charge is 2.09. The first-order valence-electron chi connectivity index (χ1n) is 5.11. The van der Waals surface area contributed by atoms with Crippen molar-refractivity contribution in [1.29, 1.82) is 0 Å². The van der Waals surface area contributed by atoms with E-state index in [9.17, 15) is 4.79 Å². The topological polar surface area (TPSA) is 42.2 Å². The number of carbonyl (C=O) groups is 1. The molecule has 2 rings (SSSR count). The number of halogens is 1. The maximum Gasteiger partial charge on any atom is 0.323 e. The van der Waals surface area contributed by atoms with Crippen LogP contribution in [0, 0.1) is 0 Å². The third-order valence-electron chi connectivity index (χ3n) is 2.61. The molecule has 84 valence electrons. The Kier molecular flexibility index (Phi) is 3.01. The molecule has 0 spiro atoms. The summed E-state index contributed by atoms with van der Waals surface area (Å²) in [7, 11) is 0. The lowest BCUT2D eigenvalue weighted by atomic mass is 10.1. The van der Waals surface area contributed by atoms with Gasteiger partial charge in [-0.2, -0.15) is 0 Å². The van der Waals surface area contributed by atoms with E-state index in [1.54, 1.807) is 4.57 Å². The van der Waals surface area contributed by atoms with E-state index < -0.39 is 5.97 Å². The predicted octanol–water partition coefficient (Wildman–Crippen LogP) is 3.05. The zero-order chi connectivity index (χ0) is 11.7. The van der Waals surface area contributed by atoms with Crippen molar-refractivity contribution < 1.29 is 9.90 Å². The molecule has 2 aromatic rings. The zero-order valence-electron chi connectivity index (χ0n) is 8.90. The number of fused-ring (bicyclic) bond motifs is 1. The largest absolute Gasteiger partial charge is 0.480 e. The molecule has 0 radical (unpaired) electrons. The van der Waals surface area contributed by atoms with E-state index in [0.717, 1.165) is 21.8 Å². The van der Waals surface area contributed by atoms with Gasteiger partial charge in [0.15, 0.2) is 0 Å². The lowest BCUT2D eigenvalue weighted by molar-refractivity contribution is -0.137. The van der Waals surface area contributed by atoms with Crippen molar-refractivity contribution in [3.63, 3.8) is 0 Å². The number of aryl methyl sites for hydroxylation is 1. The summed E-state index contributed by atoms with van der Waals surface area (Å²) < 4.78 is 2.74. The van der Waals surface area contributed by atoms with Crippen LogP contribution in [0.15, 0.2) is 28.9 Å². The Hall–Kier alpha value is -1.29. The average molecular weight is 282 g/mol. The van der Waals surface area contributed by atoms with Gasteiger partial charge in [0.25, 0.3) is 0 Å². The Balaban J connectivity index is 2.63. The number of aliphatic carboxylic acids is 1. The Morgan fingerprint density at radius 1 is 1.50 bits per heavy atom. The van der Waals surface area contributed by atoms with Crippen LogP contribution < -0.4 is 0 Å². The van der Waals surface area contributed by atoms with Crippen molar-refractivity contribution >= 4 is 32.8 Å². The molecule has 1 aromatic carbocycles. The van der Waals surface area contributed by atoms with Gasteiger partial charge in [0.2, 0.25) is 0 Å². The Bertz CT molecular complexity index is 545. The molecule has 0 aliphatic heterocycles. The molecule has 0 saturated heterocycles. The summed E-state index contributed by atoms with van der Waals surface area (Å²) in [5, 5.41) is 9.98. The summed E-state index contributed by atoms with van der Waals surface area (Å²) in [6.07, 6.45) is 2.83. The van der Waals surface area contributed by atoms with Crippen molar-refractivity contribution in [3.8, 4) is 0 Å². The monoisotopic (exact) mass is 281 g/mol. The number of benzene rings is 1. The number of nitrogens with zero attached hydrogens (tertiary/aromatic N) is 1. The van der Waals surface area contributed by atoms with Crippen molar-refractivity contribution in [2.24, 2.45) is 0 Å². The lowest BCUT2D eigenvalue weighted by Gasteiger charge is -2.01. The van der Waals surface area contributed by atoms with Crippen molar-refractivity contribution in [2.75, 3.05) is 0 Å². The number of hydrogen-bond acceptors (Lipinski definition) is 1. The zero-order valence-corrected chi connectivity index (χ0v) is 10.5. The van der Waals surface area contributed by atoms with Gasteiger partial charge in [-0.25, -0.2) is 0 Å². The smallest absolute Gasteiger partial charge is 0.323 e. The molecule has 0 aliphatic rings. The van der Waals surface area contributed by atoms with Crippen molar-refractivity contribution in [2.45, 2.75) is 19.9 Å². The van der Waals surface area contributed by atoms with Crippen LogP contribution in [-0.2, 0) is 17.8 Å². The minimum Gasteiger partial charge on any atom is -0.480 e. The summed E-state index contributed by atoms with van der Waals surface area (Å²) in [6, 6.07) is 5.96. The first kappa shape index (κ1) is 11.2. The molecule has 1 heterocycles. The fraction of sp³-hybridized carbons (Fsp3) is 0.250. The minimum absolute atomic E-state index is 0.00690. The first-order valence-corrected chi connectivity index (χ1v) is 5.90. The fourth-order valence-corrected chi connectivity index (χ4v) is 2.25. The lowest BCUT2D eigenvalue weighted by Crippen LogP contribution is -2.07. The van der Waals surface area contributed by atoms with E-state index in [1.165, 1.54) is 5.56 Å². The standard InChI is InChI=1S/C12H12BrNO2/c1-2-8-6-14(7-12(15)16)11-5-9(13)3-4-10(8)11/h3-6H,2,7H2,1H3,(H,15,16). The molecular formula is C12H12BrNO2. The number of carboxylic acid groups (broad SMARTS) is 1. The summed E-state index contributed by atoms with van der Waals surface area (Å²) in [5.41, 5.74) is 2.15. The Morgan fingerprint density at radius 2 is 2.25 bits per heavy atom. The van der Waals surface area contributed by atoms with Gasteiger partial charge < -0.3 is 9.67 Å². The third kappa shape index (κ3) is 1.97. The molecular weight excluding hydrogens is 270 g/mol. The number of hydrogen-bond donors (Lipinski definition) is 1. The molecule has 16 heavy (non-hydrogen) atoms. The summed E-state index contributed by atoms with van der Waals surface area (Å²) in [5.74, 6) is -0.820. The van der Waals surface area contributed by atoms with Gasteiger partial charge in [-0.1, -0.05) is 28.9 Å². The van der Waals surface area contributed by atoms with Crippen LogP contribution >= 0.6 is 15.9 Å². The predicted molar refractivity (Wildman–Crippen MR) is 66.7 cm³/mol. The van der Waals surface area contributed by atoms with Crippen molar-refractivity contribution in [1.82, 2.24) is 4.57 Å². The van der Waals surface area contributed by atoms with Crippen LogP contribution in [-0.4, -0.2) is 15.6 Å². The second kappa shape index (κ2) is 4.29. The molecule has 0 amide bonds. The van der Waals surface area contributed by atoms with Crippen LogP contribution in [0.4, 0.5) is 0 Å². The number of aromatic nitrogens is 1. The second-order valence-corrected chi connectivity index (χ2v) is 4.61. The highest BCUT2D eigenvalue weighted by molar-refractivity contribution is 9.10. The van der Waals surface area contributed by atoms with Crippen LogP contribution in [0.3, 0.4) is 0 Å². The van der Waals surface area contributed by atoms with E-state index in [0.29, 0.717) is 0 Å². The molecule has 1 aromatic heterocycles. The molecule has 0 bridgehead atoms. The fourth-order valence-electron chi connectivity index (χ4n) is 1.90. The van der Waals surface area contributed by atoms with Gasteiger partial charge >= 0.3 is 5.97 Å². The molecule has 0 atom stereocenters. The number of carboxylic acids is 1. The van der Waals surface area contributed by atoms with E-state index in [-0.39, 0.29) is 6.54 Å². The minimum atomic E-state index is -0.820. The van der Waals surface area contributed by atoms with Crippen LogP contribution in [0.5, 0.6) is 0 Å². The van der Waals surface area contributed by atoms with Gasteiger partial charge in [0.1, 0.15) is 6.54 Å². The summed E-state index contributed by atoms with van der Waals surface area (Å²) >= 11 is 3.40. The normalized spacial score (nSPS) is 10.9. The highest BCUT2D eigenvalue weighted by Crippen LogP contribution is 2.25. The van der Waals surface area contributed by atoms with Crippen LogP contribution in [0.25, 0.3) is 10.9 Å². The quantitative estimate of drug-likeness (QED) is 0.940. The van der Waals surface area contributed by atoms with Crippen LogP contribution in [0.2, 0.25) is 0 Å². The molecule has 0 aliphatic carbocycles. The average Bonchev–Trinajstić information content (AvgIpc) is 2.55. The van der Waals surface area contributed by atoms with Gasteiger partial charge in [-0.05, 0) is 24.1 Å². The van der Waals surface area contributed by atoms with E-state index in [4.69, 9.17) is 5.11 Å². The van der Waals surface area contributed by atoms with Gasteiger partial charge in [-0.3, -0.25) is 4.79 Å². The maximum atomic E-state index is 10.8. The molecule has 1 N–H and O–H groups in total. The molecule has 0 saturated carbocycles. The van der Waals surface area contributed by atoms with Gasteiger partial charge in [-0.15, -0.1) is 0 Å². The molecule has 0 fully saturated rings. The highest BCUT2D eigenvalue weighted by atomic mass is 79.9. The van der Waals surface area contributed by atoms with Crippen molar-refractivity contribution in [3.05, 3.63) is 34.4 Å². The molecule has 0 unspecified atom stereocenters. The third-order valence-corrected chi connectivity index (χ3v) is 3.11. The van der Waals surface area contributed by atoms with Gasteiger partial charge in [0, 0.05) is 21.6 Å². The first-order chi connectivity index (χ1) is 7.61. The molecule has 3 nitrogen and oxygen atoms in total. The van der Waals surface area contributed by atoms with E-state index in [1.807, 2.05) is 24.4 Å². The van der Waals surface area contributed by atoms with Gasteiger partial charge in [0.05, 0.1) is 0 Å². The second-order valence-electron chi connectivity index (χ2n) is 3.69. The van der Waals surface area contributed by atoms with Crippen LogP contribution in [0.1, 0.15) is 12.5 Å². The number of rotatable bonds is 3. The Morgan fingerprint density at radius 3 is 2.88 bits per heavy atom. The summed E-state index contributed by atoms with van der Waals surface area (Å²) in [4.78, 5) is 10.8. The van der Waals surface area contributed by atoms with E-state index in [2.05, 4.69) is 22.9 Å². The molecule has 4 heteroatoms. The maximum absolute atomic E-state index is 10.8. The summed E-state index contributed by atoms with van der Waals surface area (Å²) in [6.45, 7) is 2.08. The Labute approximate surface area is 102 Å².